The first-order chi connectivity index (χ1) is 5.77. The first-order valence-electron chi connectivity index (χ1n) is 3.69. The van der Waals surface area contributed by atoms with Gasteiger partial charge in [-0.2, -0.15) is 5.26 Å². The molecule has 3 nitrogen and oxygen atoms in total. The van der Waals surface area contributed by atoms with Crippen molar-refractivity contribution in [3.8, 4) is 6.07 Å². The van der Waals surface area contributed by atoms with Crippen molar-refractivity contribution in [3.05, 3.63) is 22.7 Å². The number of hydrogen-bond acceptors (Lipinski definition) is 3. The van der Waals surface area contributed by atoms with Gasteiger partial charge in [-0.05, 0) is 6.42 Å². The van der Waals surface area contributed by atoms with E-state index in [1.807, 2.05) is 13.0 Å². The van der Waals surface area contributed by atoms with Gasteiger partial charge in [-0.3, -0.25) is 0 Å². The maximum atomic E-state index is 8.52. The summed E-state index contributed by atoms with van der Waals surface area (Å²) in [5.74, 6) is 0.696. The van der Waals surface area contributed by atoms with Crippen molar-refractivity contribution >= 4 is 11.6 Å². The number of hydrogen-bond donors (Lipinski definition) is 0. The van der Waals surface area contributed by atoms with Crippen molar-refractivity contribution in [1.82, 2.24) is 9.97 Å². The minimum Gasteiger partial charge on any atom is -0.240 e. The molecule has 0 amide bonds. The van der Waals surface area contributed by atoms with Gasteiger partial charge in [0.1, 0.15) is 17.5 Å². The molecule has 0 saturated heterocycles. The van der Waals surface area contributed by atoms with Crippen LogP contribution in [0.2, 0.25) is 5.15 Å². The van der Waals surface area contributed by atoms with E-state index in [4.69, 9.17) is 16.9 Å². The predicted molar refractivity (Wildman–Crippen MR) is 45.8 cm³/mol. The lowest BCUT2D eigenvalue weighted by atomic mass is 10.3. The zero-order chi connectivity index (χ0) is 8.97. The van der Waals surface area contributed by atoms with Crippen LogP contribution in [0.4, 0.5) is 0 Å². The van der Waals surface area contributed by atoms with Gasteiger partial charge in [0, 0.05) is 12.6 Å². The quantitative estimate of drug-likeness (QED) is 0.656. The van der Waals surface area contributed by atoms with Gasteiger partial charge < -0.3 is 0 Å². The molecular formula is C8H8ClN3. The first kappa shape index (κ1) is 8.95. The predicted octanol–water partition coefficient (Wildman–Crippen LogP) is 1.95. The van der Waals surface area contributed by atoms with E-state index in [0.717, 1.165) is 12.8 Å². The summed E-state index contributed by atoms with van der Waals surface area (Å²) in [6.07, 6.45) is 3.23. The highest BCUT2D eigenvalue weighted by Crippen LogP contribution is 2.10. The molecule has 0 radical (unpaired) electrons. The molecule has 0 saturated carbocycles. The SMILES string of the molecule is CCCc1ncc(C#N)c(Cl)n1. The van der Waals surface area contributed by atoms with Gasteiger partial charge in [-0.1, -0.05) is 18.5 Å². The fourth-order valence-electron chi connectivity index (χ4n) is 0.814. The molecule has 4 heteroatoms. The molecule has 0 aliphatic heterocycles. The van der Waals surface area contributed by atoms with Gasteiger partial charge in [0.2, 0.25) is 0 Å². The minimum atomic E-state index is 0.246. The largest absolute Gasteiger partial charge is 0.240 e. The lowest BCUT2D eigenvalue weighted by Crippen LogP contribution is -1.95. The second kappa shape index (κ2) is 4.03. The van der Waals surface area contributed by atoms with Gasteiger partial charge in [0.05, 0.1) is 0 Å². The number of aryl methyl sites for hydroxylation is 1. The molecule has 0 atom stereocenters. The highest BCUT2D eigenvalue weighted by Gasteiger charge is 2.02. The van der Waals surface area contributed by atoms with Crippen LogP contribution in [0, 0.1) is 11.3 Å². The lowest BCUT2D eigenvalue weighted by molar-refractivity contribution is 0.833. The van der Waals surface area contributed by atoms with Crippen molar-refractivity contribution in [1.29, 1.82) is 5.26 Å². The van der Waals surface area contributed by atoms with E-state index in [2.05, 4.69) is 9.97 Å². The molecular weight excluding hydrogens is 174 g/mol. The fourth-order valence-corrected chi connectivity index (χ4v) is 1.00. The van der Waals surface area contributed by atoms with Crippen molar-refractivity contribution in [2.75, 3.05) is 0 Å². The summed E-state index contributed by atoms with van der Waals surface area (Å²) < 4.78 is 0. The van der Waals surface area contributed by atoms with Gasteiger partial charge in [0.15, 0.2) is 5.15 Å². The van der Waals surface area contributed by atoms with Crippen LogP contribution in [0.1, 0.15) is 24.7 Å². The number of aromatic nitrogens is 2. The minimum absolute atomic E-state index is 0.246. The fraction of sp³-hybridized carbons (Fsp3) is 0.375. The molecule has 1 heterocycles. The van der Waals surface area contributed by atoms with Crippen LogP contribution < -0.4 is 0 Å². The number of halogens is 1. The summed E-state index contributed by atoms with van der Waals surface area (Å²) in [4.78, 5) is 7.95. The highest BCUT2D eigenvalue weighted by molar-refractivity contribution is 6.30. The first-order valence-corrected chi connectivity index (χ1v) is 4.07. The number of rotatable bonds is 2. The normalized spacial score (nSPS) is 9.42. The van der Waals surface area contributed by atoms with E-state index < -0.39 is 0 Å². The molecule has 0 aliphatic rings. The summed E-state index contributed by atoms with van der Waals surface area (Å²) in [5.41, 5.74) is 0.330. The third-order valence-electron chi connectivity index (χ3n) is 1.39. The van der Waals surface area contributed by atoms with Crippen LogP contribution >= 0.6 is 11.6 Å². The average molecular weight is 182 g/mol. The molecule has 12 heavy (non-hydrogen) atoms. The van der Waals surface area contributed by atoms with Crippen LogP contribution in [0.25, 0.3) is 0 Å². The maximum Gasteiger partial charge on any atom is 0.150 e. The topological polar surface area (TPSA) is 49.6 Å². The highest BCUT2D eigenvalue weighted by atomic mass is 35.5. The summed E-state index contributed by atoms with van der Waals surface area (Å²) >= 11 is 5.69. The van der Waals surface area contributed by atoms with E-state index >= 15 is 0 Å². The summed E-state index contributed by atoms with van der Waals surface area (Å²) in [6, 6.07) is 1.91. The molecule has 0 spiro atoms. The third-order valence-corrected chi connectivity index (χ3v) is 1.67. The molecule has 0 unspecified atom stereocenters. The van der Waals surface area contributed by atoms with Crippen molar-refractivity contribution in [3.63, 3.8) is 0 Å². The Morgan fingerprint density at radius 2 is 2.42 bits per heavy atom. The number of nitrogens with zero attached hydrogens (tertiary/aromatic N) is 3. The Morgan fingerprint density at radius 3 is 2.92 bits per heavy atom. The Bertz CT molecular complexity index is 317. The Labute approximate surface area is 76.0 Å². The van der Waals surface area contributed by atoms with Crippen molar-refractivity contribution < 1.29 is 0 Å². The van der Waals surface area contributed by atoms with Gasteiger partial charge >= 0.3 is 0 Å². The van der Waals surface area contributed by atoms with E-state index in [0.29, 0.717) is 11.4 Å². The molecule has 0 aromatic carbocycles. The smallest absolute Gasteiger partial charge is 0.150 e. The molecule has 0 fully saturated rings. The van der Waals surface area contributed by atoms with Gasteiger partial charge in [0.25, 0.3) is 0 Å². The molecule has 0 aliphatic carbocycles. The summed E-state index contributed by atoms with van der Waals surface area (Å²) in [7, 11) is 0. The molecule has 1 aromatic rings. The molecule has 0 bridgehead atoms. The zero-order valence-corrected chi connectivity index (χ0v) is 7.47. The monoisotopic (exact) mass is 181 g/mol. The van der Waals surface area contributed by atoms with Gasteiger partial charge in [-0.15, -0.1) is 0 Å². The molecule has 1 aromatic heterocycles. The van der Waals surface area contributed by atoms with E-state index in [9.17, 15) is 0 Å². The average Bonchev–Trinajstić information content (AvgIpc) is 2.05. The second-order valence-corrected chi connectivity index (χ2v) is 2.71. The Morgan fingerprint density at radius 1 is 1.67 bits per heavy atom. The van der Waals surface area contributed by atoms with Crippen molar-refractivity contribution in [2.24, 2.45) is 0 Å². The summed E-state index contributed by atoms with van der Waals surface area (Å²) in [5, 5.41) is 8.77. The van der Waals surface area contributed by atoms with Crippen LogP contribution in [0.15, 0.2) is 6.20 Å². The Hall–Kier alpha value is -1.14. The number of nitriles is 1. The maximum absolute atomic E-state index is 8.52. The molecule has 0 N–H and O–H groups in total. The van der Waals surface area contributed by atoms with Gasteiger partial charge in [-0.25, -0.2) is 9.97 Å². The Balaban J connectivity index is 2.96. The van der Waals surface area contributed by atoms with E-state index in [1.54, 1.807) is 0 Å². The lowest BCUT2D eigenvalue weighted by Gasteiger charge is -1.97. The van der Waals surface area contributed by atoms with Crippen LogP contribution in [-0.4, -0.2) is 9.97 Å². The van der Waals surface area contributed by atoms with Crippen LogP contribution in [0.5, 0.6) is 0 Å². The van der Waals surface area contributed by atoms with E-state index in [1.165, 1.54) is 6.20 Å². The van der Waals surface area contributed by atoms with Crippen LogP contribution in [0.3, 0.4) is 0 Å². The molecule has 1 rings (SSSR count). The summed E-state index contributed by atoms with van der Waals surface area (Å²) in [6.45, 7) is 2.04. The third kappa shape index (κ3) is 1.93. The molecule has 62 valence electrons. The zero-order valence-electron chi connectivity index (χ0n) is 6.71. The van der Waals surface area contributed by atoms with Crippen molar-refractivity contribution in [2.45, 2.75) is 19.8 Å². The Kier molecular flexibility index (Phi) is 3.01. The second-order valence-electron chi connectivity index (χ2n) is 2.35. The standard InChI is InChI=1S/C8H8ClN3/c1-2-3-7-11-5-6(4-10)8(9)12-7/h5H,2-3H2,1H3. The van der Waals surface area contributed by atoms with Crippen LogP contribution in [-0.2, 0) is 6.42 Å². The van der Waals surface area contributed by atoms with E-state index in [-0.39, 0.29) is 5.15 Å².